The molecule has 15 heavy (non-hydrogen) atoms. The first-order valence-corrected chi connectivity index (χ1v) is 7.47. The van der Waals surface area contributed by atoms with E-state index in [-0.39, 0.29) is 0 Å². The van der Waals surface area contributed by atoms with Gasteiger partial charge in [-0.1, -0.05) is 29.8 Å². The molecule has 1 aliphatic rings. The minimum atomic E-state index is 0.484. The van der Waals surface area contributed by atoms with Crippen LogP contribution in [-0.2, 0) is 0 Å². The molecular formula is C13H26BrN. The average Bonchev–Trinajstić information content (AvgIpc) is 3.08. The van der Waals surface area contributed by atoms with Crippen molar-refractivity contribution < 1.29 is 0 Å². The third-order valence-electron chi connectivity index (χ3n) is 4.37. The maximum Gasteiger partial charge on any atom is 0.01000 e. The normalized spacial score (nSPS) is 19.6. The second kappa shape index (κ2) is 5.67. The van der Waals surface area contributed by atoms with Crippen LogP contribution < -0.4 is 0 Å². The summed E-state index contributed by atoms with van der Waals surface area (Å²) in [6, 6.07) is 0.779. The Kier molecular flexibility index (Phi) is 5.11. The maximum atomic E-state index is 3.70. The molecule has 0 radical (unpaired) electrons. The molecule has 90 valence electrons. The Morgan fingerprint density at radius 2 is 1.87 bits per heavy atom. The Labute approximate surface area is 104 Å². The highest BCUT2D eigenvalue weighted by Crippen LogP contribution is 2.37. The van der Waals surface area contributed by atoms with E-state index in [9.17, 15) is 0 Å². The van der Waals surface area contributed by atoms with E-state index in [4.69, 9.17) is 0 Å². The lowest BCUT2D eigenvalue weighted by molar-refractivity contribution is 0.140. The van der Waals surface area contributed by atoms with Crippen molar-refractivity contribution in [3.05, 3.63) is 0 Å². The van der Waals surface area contributed by atoms with Gasteiger partial charge in [0.1, 0.15) is 0 Å². The zero-order valence-electron chi connectivity index (χ0n) is 10.7. The number of alkyl halides is 1. The molecule has 0 heterocycles. The average molecular weight is 276 g/mol. The second-order valence-electron chi connectivity index (χ2n) is 5.33. The first-order valence-electron chi connectivity index (χ1n) is 6.34. The van der Waals surface area contributed by atoms with Gasteiger partial charge in [0.25, 0.3) is 0 Å². The van der Waals surface area contributed by atoms with E-state index in [1.54, 1.807) is 0 Å². The van der Waals surface area contributed by atoms with Gasteiger partial charge in [-0.3, -0.25) is 0 Å². The summed E-state index contributed by atoms with van der Waals surface area (Å²) in [7, 11) is 2.30. The summed E-state index contributed by atoms with van der Waals surface area (Å²) in [6.07, 6.45) is 5.45. The second-order valence-corrected chi connectivity index (χ2v) is 5.89. The third-order valence-corrected chi connectivity index (χ3v) is 5.56. The predicted molar refractivity (Wildman–Crippen MR) is 71.6 cm³/mol. The van der Waals surface area contributed by atoms with Crippen molar-refractivity contribution in [2.75, 3.05) is 18.9 Å². The molecule has 0 amide bonds. The van der Waals surface area contributed by atoms with Crippen molar-refractivity contribution in [1.82, 2.24) is 4.90 Å². The van der Waals surface area contributed by atoms with E-state index in [0.717, 1.165) is 17.3 Å². The molecule has 1 atom stereocenters. The van der Waals surface area contributed by atoms with Crippen LogP contribution in [0.3, 0.4) is 0 Å². The molecule has 0 aromatic heterocycles. The number of halogens is 1. The van der Waals surface area contributed by atoms with E-state index in [1.807, 2.05) is 0 Å². The predicted octanol–water partition coefficient (Wildman–Crippen LogP) is 3.92. The Balaban J connectivity index is 2.48. The monoisotopic (exact) mass is 275 g/mol. The van der Waals surface area contributed by atoms with Gasteiger partial charge in [-0.05, 0) is 51.0 Å². The van der Waals surface area contributed by atoms with E-state index < -0.39 is 0 Å². The van der Waals surface area contributed by atoms with Gasteiger partial charge in [0.2, 0.25) is 0 Å². The minimum Gasteiger partial charge on any atom is -0.303 e. The smallest absolute Gasteiger partial charge is 0.01000 e. The lowest BCUT2D eigenvalue weighted by atomic mass is 9.84. The molecule has 0 aliphatic heterocycles. The van der Waals surface area contributed by atoms with Gasteiger partial charge in [0.15, 0.2) is 0 Å². The molecule has 0 spiro atoms. The minimum absolute atomic E-state index is 0.484. The molecule has 1 fully saturated rings. The molecule has 0 saturated heterocycles. The Morgan fingerprint density at radius 3 is 2.20 bits per heavy atom. The van der Waals surface area contributed by atoms with Crippen LogP contribution in [0, 0.1) is 11.3 Å². The van der Waals surface area contributed by atoms with Crippen molar-refractivity contribution in [2.24, 2.45) is 11.3 Å². The first kappa shape index (κ1) is 13.5. The van der Waals surface area contributed by atoms with Crippen LogP contribution in [-0.4, -0.2) is 29.9 Å². The van der Waals surface area contributed by atoms with Gasteiger partial charge in [-0.15, -0.1) is 0 Å². The van der Waals surface area contributed by atoms with E-state index in [0.29, 0.717) is 5.41 Å². The molecule has 1 unspecified atom stereocenters. The van der Waals surface area contributed by atoms with Crippen molar-refractivity contribution in [3.8, 4) is 0 Å². The molecule has 1 aliphatic carbocycles. The molecule has 0 aromatic carbocycles. The van der Waals surface area contributed by atoms with Crippen LogP contribution in [0.15, 0.2) is 0 Å². The SMILES string of the molecule is CCC(CC)(CBr)CN(C)C(C)C1CC1. The topological polar surface area (TPSA) is 3.24 Å². The van der Waals surface area contributed by atoms with Crippen LogP contribution >= 0.6 is 15.9 Å². The molecule has 0 bridgehead atoms. The van der Waals surface area contributed by atoms with Gasteiger partial charge in [0, 0.05) is 17.9 Å². The molecule has 2 heteroatoms. The highest BCUT2D eigenvalue weighted by atomic mass is 79.9. The summed E-state index contributed by atoms with van der Waals surface area (Å²) in [5, 5.41) is 1.13. The maximum absolute atomic E-state index is 3.70. The fourth-order valence-electron chi connectivity index (χ4n) is 2.32. The summed E-state index contributed by atoms with van der Waals surface area (Å²) in [5.41, 5.74) is 0.484. The van der Waals surface area contributed by atoms with Crippen LogP contribution in [0.1, 0.15) is 46.5 Å². The summed E-state index contributed by atoms with van der Waals surface area (Å²) < 4.78 is 0. The van der Waals surface area contributed by atoms with Crippen LogP contribution in [0.5, 0.6) is 0 Å². The van der Waals surface area contributed by atoms with Gasteiger partial charge < -0.3 is 4.90 Å². The van der Waals surface area contributed by atoms with E-state index in [1.165, 1.54) is 32.2 Å². The molecule has 1 nitrogen and oxygen atoms in total. The summed E-state index contributed by atoms with van der Waals surface area (Å²) >= 11 is 3.70. The van der Waals surface area contributed by atoms with Crippen molar-refractivity contribution >= 4 is 15.9 Å². The lowest BCUT2D eigenvalue weighted by Gasteiger charge is -2.37. The van der Waals surface area contributed by atoms with Crippen LogP contribution in [0.4, 0.5) is 0 Å². The summed E-state index contributed by atoms with van der Waals surface area (Å²) in [4.78, 5) is 2.58. The molecule has 0 aromatic rings. The molecular weight excluding hydrogens is 250 g/mol. The summed E-state index contributed by atoms with van der Waals surface area (Å²) in [6.45, 7) is 8.27. The number of rotatable bonds is 7. The number of hydrogen-bond acceptors (Lipinski definition) is 1. The highest BCUT2D eigenvalue weighted by molar-refractivity contribution is 9.09. The van der Waals surface area contributed by atoms with Crippen LogP contribution in [0.25, 0.3) is 0 Å². The van der Waals surface area contributed by atoms with Gasteiger partial charge in [0.05, 0.1) is 0 Å². The fourth-order valence-corrected chi connectivity index (χ4v) is 3.29. The molecule has 0 N–H and O–H groups in total. The zero-order chi connectivity index (χ0) is 11.5. The summed E-state index contributed by atoms with van der Waals surface area (Å²) in [5.74, 6) is 0.983. The first-order chi connectivity index (χ1) is 7.08. The van der Waals surface area contributed by atoms with Crippen LogP contribution in [0.2, 0.25) is 0 Å². The Bertz CT molecular complexity index is 177. The van der Waals surface area contributed by atoms with Gasteiger partial charge in [-0.25, -0.2) is 0 Å². The third kappa shape index (κ3) is 3.45. The van der Waals surface area contributed by atoms with Gasteiger partial charge >= 0.3 is 0 Å². The van der Waals surface area contributed by atoms with E-state index in [2.05, 4.69) is 48.6 Å². The van der Waals surface area contributed by atoms with E-state index >= 15 is 0 Å². The Morgan fingerprint density at radius 1 is 1.33 bits per heavy atom. The van der Waals surface area contributed by atoms with Crippen molar-refractivity contribution in [1.29, 1.82) is 0 Å². The molecule has 1 saturated carbocycles. The fraction of sp³-hybridized carbons (Fsp3) is 1.00. The number of hydrogen-bond donors (Lipinski definition) is 0. The zero-order valence-corrected chi connectivity index (χ0v) is 12.3. The largest absolute Gasteiger partial charge is 0.303 e. The highest BCUT2D eigenvalue weighted by Gasteiger charge is 2.34. The Hall–Kier alpha value is 0.440. The van der Waals surface area contributed by atoms with Crippen molar-refractivity contribution in [3.63, 3.8) is 0 Å². The quantitative estimate of drug-likeness (QED) is 0.637. The standard InChI is InChI=1S/C13H26BrN/c1-5-13(6-2,9-14)10-15(4)11(3)12-7-8-12/h11-12H,5-10H2,1-4H3. The lowest BCUT2D eigenvalue weighted by Crippen LogP contribution is -2.41. The molecule has 1 rings (SSSR count). The van der Waals surface area contributed by atoms with Crippen molar-refractivity contribution in [2.45, 2.75) is 52.5 Å². The van der Waals surface area contributed by atoms with Gasteiger partial charge in [-0.2, -0.15) is 0 Å². The number of nitrogens with zero attached hydrogens (tertiary/aromatic N) is 1.